The van der Waals surface area contributed by atoms with Crippen molar-refractivity contribution in [1.29, 1.82) is 0 Å². The van der Waals surface area contributed by atoms with Gasteiger partial charge in [0.05, 0.1) is 41.8 Å². The minimum atomic E-state index is -3.81. The van der Waals surface area contributed by atoms with Gasteiger partial charge in [-0.3, -0.25) is 23.9 Å². The normalized spacial score (nSPS) is 29.2. The quantitative estimate of drug-likeness (QED) is 0.291. The second-order valence-corrected chi connectivity index (χ2v) is 18.0. The molecule has 2 aliphatic carbocycles. The molecule has 2 aliphatic heterocycles. The second kappa shape index (κ2) is 16.1. The fourth-order valence-electron chi connectivity index (χ4n) is 7.66. The molecule has 50 heavy (non-hydrogen) atoms. The van der Waals surface area contributed by atoms with E-state index in [9.17, 15) is 27.6 Å². The first-order valence-electron chi connectivity index (χ1n) is 18.6. The molecule has 1 aromatic rings. The highest BCUT2D eigenvalue weighted by molar-refractivity contribution is 7.90. The van der Waals surface area contributed by atoms with Crippen LogP contribution in [0.3, 0.4) is 0 Å². The van der Waals surface area contributed by atoms with Crippen LogP contribution in [0.15, 0.2) is 36.9 Å². The number of rotatable bonds is 7. The number of hydrogen-bond donors (Lipinski definition) is 1. The SMILES string of the molecule is C=C[C@@H]1C[C@]1(CC(=O)[C@@H]1C[C@@H]2CN1C(=O)[C@H](C(C)(C)C)CC(=O)OCCCCCCCc1ccccc1CCCO2)C(=O)NS(=O)(=O)C1CC1. The van der Waals surface area contributed by atoms with Gasteiger partial charge in [0.2, 0.25) is 21.8 Å². The molecule has 5 rings (SSSR count). The zero-order valence-electron chi connectivity index (χ0n) is 30.1. The molecule has 0 radical (unpaired) electrons. The van der Waals surface area contributed by atoms with Crippen LogP contribution in [0.4, 0.5) is 0 Å². The van der Waals surface area contributed by atoms with Crippen molar-refractivity contribution < 1.29 is 37.1 Å². The molecule has 0 spiro atoms. The standard InChI is InChI=1S/C39H56N2O8S/c1-5-29-24-39(29,37(45)40-50(46,47)31-18-19-31)25-34(42)33-22-30-26-41(33)36(44)32(38(2,3)4)23-35(43)49-20-12-8-6-7-9-14-27-15-10-11-16-28(27)17-13-21-48-30/h5,10-11,15-16,29-33H,1,6-9,12-14,17-26H2,2-4H3,(H,40,45)/t29-,30-,32-,33+,39-/m1/s1. The Labute approximate surface area is 298 Å². The van der Waals surface area contributed by atoms with Crippen molar-refractivity contribution in [3.8, 4) is 0 Å². The largest absolute Gasteiger partial charge is 0.466 e. The minimum Gasteiger partial charge on any atom is -0.466 e. The number of ketones is 1. The first-order chi connectivity index (χ1) is 23.7. The summed E-state index contributed by atoms with van der Waals surface area (Å²) < 4.78 is 39.5. The Kier molecular flexibility index (Phi) is 12.3. The molecule has 1 saturated heterocycles. The Hall–Kier alpha value is -3.05. The van der Waals surface area contributed by atoms with Crippen LogP contribution in [0.1, 0.15) is 109 Å². The number of hydrogen-bond acceptors (Lipinski definition) is 8. The average Bonchev–Trinajstić information content (AvgIpc) is 3.99. The predicted octanol–water partition coefficient (Wildman–Crippen LogP) is 5.47. The van der Waals surface area contributed by atoms with Crippen molar-refractivity contribution in [1.82, 2.24) is 9.62 Å². The molecular formula is C39H56N2O8S. The number of cyclic esters (lactones) is 1. The number of carbonyl (C=O) groups excluding carboxylic acids is 4. The van der Waals surface area contributed by atoms with Gasteiger partial charge in [-0.05, 0) is 73.8 Å². The zero-order valence-corrected chi connectivity index (χ0v) is 30.9. The van der Waals surface area contributed by atoms with Crippen LogP contribution in [0.25, 0.3) is 0 Å². The number of amides is 2. The van der Waals surface area contributed by atoms with Crippen LogP contribution in [-0.2, 0) is 51.5 Å². The van der Waals surface area contributed by atoms with Crippen LogP contribution in [0.2, 0.25) is 0 Å². The lowest BCUT2D eigenvalue weighted by molar-refractivity contribution is -0.153. The van der Waals surface area contributed by atoms with Crippen molar-refractivity contribution in [3.05, 3.63) is 48.0 Å². The smallest absolute Gasteiger partial charge is 0.306 e. The zero-order chi connectivity index (χ0) is 36.1. The highest BCUT2D eigenvalue weighted by Gasteiger charge is 2.61. The monoisotopic (exact) mass is 712 g/mol. The number of benzene rings is 1. The number of allylic oxidation sites excluding steroid dienone is 1. The van der Waals surface area contributed by atoms with Gasteiger partial charge >= 0.3 is 5.97 Å². The van der Waals surface area contributed by atoms with Gasteiger partial charge < -0.3 is 14.4 Å². The maximum Gasteiger partial charge on any atom is 0.306 e. The summed E-state index contributed by atoms with van der Waals surface area (Å²) >= 11 is 0. The lowest BCUT2D eigenvalue weighted by Gasteiger charge is -2.34. The molecule has 0 aromatic heterocycles. The van der Waals surface area contributed by atoms with E-state index in [0.717, 1.165) is 51.4 Å². The Balaban J connectivity index is 1.36. The first kappa shape index (κ1) is 38.2. The van der Waals surface area contributed by atoms with Crippen LogP contribution >= 0.6 is 0 Å². The number of nitrogens with one attached hydrogen (secondary N) is 1. The maximum atomic E-state index is 14.4. The first-order valence-corrected chi connectivity index (χ1v) is 20.2. The molecule has 5 atom stereocenters. The number of carbonyl (C=O) groups is 4. The van der Waals surface area contributed by atoms with Gasteiger partial charge in [0, 0.05) is 26.0 Å². The molecule has 276 valence electrons. The molecule has 4 aliphatic rings. The van der Waals surface area contributed by atoms with E-state index in [1.54, 1.807) is 11.0 Å². The Morgan fingerprint density at radius 1 is 1.00 bits per heavy atom. The summed E-state index contributed by atoms with van der Waals surface area (Å²) in [7, 11) is -3.81. The summed E-state index contributed by atoms with van der Waals surface area (Å²) in [6, 6.07) is 7.64. The number of esters is 1. The van der Waals surface area contributed by atoms with Gasteiger partial charge in [-0.25, -0.2) is 8.42 Å². The molecule has 3 fully saturated rings. The summed E-state index contributed by atoms with van der Waals surface area (Å²) in [6.07, 6.45) is 10.2. The third-order valence-electron chi connectivity index (χ3n) is 11.1. The van der Waals surface area contributed by atoms with E-state index >= 15 is 0 Å². The second-order valence-electron chi connectivity index (χ2n) is 16.0. The summed E-state index contributed by atoms with van der Waals surface area (Å²) in [4.78, 5) is 56.7. The third-order valence-corrected chi connectivity index (χ3v) is 12.9. The van der Waals surface area contributed by atoms with Gasteiger partial charge in [0.1, 0.15) is 0 Å². The topological polar surface area (TPSA) is 136 Å². The summed E-state index contributed by atoms with van der Waals surface area (Å²) in [5.74, 6) is -2.83. The van der Waals surface area contributed by atoms with E-state index in [1.807, 2.05) is 20.8 Å². The van der Waals surface area contributed by atoms with Gasteiger partial charge in [-0.1, -0.05) is 70.4 Å². The Morgan fingerprint density at radius 2 is 1.66 bits per heavy atom. The number of Topliss-reactive ketones (excluding diaryl/α,β-unsaturated/α-hetero) is 1. The van der Waals surface area contributed by atoms with E-state index in [-0.39, 0.29) is 43.4 Å². The van der Waals surface area contributed by atoms with Gasteiger partial charge in [0.15, 0.2) is 5.78 Å². The summed E-state index contributed by atoms with van der Waals surface area (Å²) in [6.45, 7) is 10.5. The van der Waals surface area contributed by atoms with Crippen LogP contribution in [-0.4, -0.2) is 74.0 Å². The maximum absolute atomic E-state index is 14.4. The molecule has 1 aromatic carbocycles. The fourth-order valence-corrected chi connectivity index (χ4v) is 9.04. The summed E-state index contributed by atoms with van der Waals surface area (Å²) in [5.41, 5.74) is 0.836. The lowest BCUT2D eigenvalue weighted by atomic mass is 9.77. The van der Waals surface area contributed by atoms with E-state index in [4.69, 9.17) is 9.47 Å². The van der Waals surface area contributed by atoms with E-state index in [0.29, 0.717) is 32.5 Å². The molecule has 1 N–H and O–H groups in total. The van der Waals surface area contributed by atoms with Crippen molar-refractivity contribution in [2.45, 2.75) is 128 Å². The van der Waals surface area contributed by atoms with Crippen LogP contribution in [0, 0.1) is 22.7 Å². The van der Waals surface area contributed by atoms with Crippen molar-refractivity contribution in [2.24, 2.45) is 22.7 Å². The molecule has 2 heterocycles. The number of sulfonamides is 1. The fraction of sp³-hybridized carbons (Fsp3) is 0.692. The van der Waals surface area contributed by atoms with E-state index in [1.165, 1.54) is 11.1 Å². The van der Waals surface area contributed by atoms with Crippen LogP contribution in [0.5, 0.6) is 0 Å². The van der Waals surface area contributed by atoms with E-state index < -0.39 is 56.0 Å². The van der Waals surface area contributed by atoms with Crippen molar-refractivity contribution in [2.75, 3.05) is 19.8 Å². The third kappa shape index (κ3) is 9.43. The number of aryl methyl sites for hydroxylation is 2. The number of fused-ring (bicyclic) bond motifs is 3. The molecule has 2 bridgehead atoms. The highest BCUT2D eigenvalue weighted by atomic mass is 32.2. The number of ether oxygens (including phenoxy) is 2. The van der Waals surface area contributed by atoms with Crippen LogP contribution < -0.4 is 4.72 Å². The molecule has 10 nitrogen and oxygen atoms in total. The van der Waals surface area contributed by atoms with Gasteiger partial charge in [0.25, 0.3) is 0 Å². The average molecular weight is 713 g/mol. The Bertz CT molecular complexity index is 1530. The van der Waals surface area contributed by atoms with Gasteiger partial charge in [-0.15, -0.1) is 6.58 Å². The number of nitrogens with zero attached hydrogens (tertiary/aromatic N) is 1. The molecule has 2 amide bonds. The van der Waals surface area contributed by atoms with Crippen molar-refractivity contribution in [3.63, 3.8) is 0 Å². The minimum absolute atomic E-state index is 0.104. The molecule has 11 heteroatoms. The highest BCUT2D eigenvalue weighted by Crippen LogP contribution is 2.57. The molecule has 0 unspecified atom stereocenters. The summed E-state index contributed by atoms with van der Waals surface area (Å²) in [5, 5.41) is -0.577. The lowest BCUT2D eigenvalue weighted by Crippen LogP contribution is -2.48. The molecule has 2 saturated carbocycles. The van der Waals surface area contributed by atoms with E-state index in [2.05, 4.69) is 35.6 Å². The van der Waals surface area contributed by atoms with Crippen molar-refractivity contribution >= 4 is 33.6 Å². The molecular weight excluding hydrogens is 657 g/mol. The predicted molar refractivity (Wildman–Crippen MR) is 190 cm³/mol. The van der Waals surface area contributed by atoms with Gasteiger partial charge in [-0.2, -0.15) is 0 Å². The Morgan fingerprint density at radius 3 is 2.30 bits per heavy atom.